The molecule has 116 valence electrons. The highest BCUT2D eigenvalue weighted by Crippen LogP contribution is 2.29. The average molecular weight is 307 g/mol. The molecule has 0 saturated heterocycles. The van der Waals surface area contributed by atoms with Crippen LogP contribution in [0.2, 0.25) is 0 Å². The summed E-state index contributed by atoms with van der Waals surface area (Å²) in [6, 6.07) is 12.7. The number of oxime groups is 1. The van der Waals surface area contributed by atoms with Gasteiger partial charge in [0.15, 0.2) is 0 Å². The van der Waals surface area contributed by atoms with Crippen LogP contribution < -0.4 is 0 Å². The maximum Gasteiger partial charge on any atom is 0.416 e. The molecule has 0 amide bonds. The molecule has 2 aromatic carbocycles. The van der Waals surface area contributed by atoms with Crippen molar-refractivity contribution in [3.8, 4) is 0 Å². The third-order valence-corrected chi connectivity index (χ3v) is 3.18. The second-order valence-electron chi connectivity index (χ2n) is 4.80. The summed E-state index contributed by atoms with van der Waals surface area (Å²) in [6.45, 7) is 2.21. The molecule has 0 atom stereocenters. The van der Waals surface area contributed by atoms with Crippen LogP contribution >= 0.6 is 0 Å². The number of aryl methyl sites for hydroxylation is 1. The van der Waals surface area contributed by atoms with E-state index in [0.29, 0.717) is 5.56 Å². The van der Waals surface area contributed by atoms with E-state index in [2.05, 4.69) is 12.1 Å². The summed E-state index contributed by atoms with van der Waals surface area (Å²) in [6.07, 6.45) is -1.77. The van der Waals surface area contributed by atoms with Crippen molar-refractivity contribution in [1.29, 1.82) is 0 Å². The molecule has 0 aliphatic heterocycles. The van der Waals surface area contributed by atoms with E-state index in [1.54, 1.807) is 6.21 Å². The zero-order chi connectivity index (χ0) is 16.0. The highest BCUT2D eigenvalue weighted by Gasteiger charge is 2.29. The van der Waals surface area contributed by atoms with Crippen molar-refractivity contribution >= 4 is 6.21 Å². The first-order chi connectivity index (χ1) is 10.5. The van der Waals surface area contributed by atoms with Crippen LogP contribution in [0.4, 0.5) is 13.2 Å². The van der Waals surface area contributed by atoms with Crippen LogP contribution in [0.5, 0.6) is 0 Å². The van der Waals surface area contributed by atoms with Gasteiger partial charge in [0.1, 0.15) is 6.61 Å². The molecule has 0 aliphatic rings. The van der Waals surface area contributed by atoms with E-state index in [1.165, 1.54) is 17.7 Å². The van der Waals surface area contributed by atoms with Crippen LogP contribution in [0, 0.1) is 0 Å². The summed E-state index contributed by atoms with van der Waals surface area (Å²) < 4.78 is 37.2. The molecule has 0 aliphatic carbocycles. The van der Waals surface area contributed by atoms with Crippen LogP contribution in [0.15, 0.2) is 53.7 Å². The molecular weight excluding hydrogens is 291 g/mol. The maximum atomic E-state index is 12.4. The number of alkyl halides is 3. The fourth-order valence-electron chi connectivity index (χ4n) is 1.84. The first kappa shape index (κ1) is 16.1. The molecule has 22 heavy (non-hydrogen) atoms. The Morgan fingerprint density at radius 2 is 1.55 bits per heavy atom. The highest BCUT2D eigenvalue weighted by atomic mass is 19.4. The standard InChI is InChI=1S/C17H16F3NO/c1-2-13-3-5-14(6-4-13)11-21-22-12-15-7-9-16(10-8-15)17(18,19)20/h3-11H,2,12H2,1H3. The van der Waals surface area contributed by atoms with Crippen molar-refractivity contribution in [1.82, 2.24) is 0 Å². The quantitative estimate of drug-likeness (QED) is 0.573. The summed E-state index contributed by atoms with van der Waals surface area (Å²) in [5.41, 5.74) is 2.11. The van der Waals surface area contributed by atoms with E-state index in [1.807, 2.05) is 24.3 Å². The lowest BCUT2D eigenvalue weighted by Crippen LogP contribution is -2.04. The SMILES string of the molecule is CCc1ccc(C=NOCc2ccc(C(F)(F)F)cc2)cc1. The van der Waals surface area contributed by atoms with E-state index < -0.39 is 11.7 Å². The largest absolute Gasteiger partial charge is 0.416 e. The van der Waals surface area contributed by atoms with Gasteiger partial charge < -0.3 is 4.84 Å². The second kappa shape index (κ2) is 7.11. The molecule has 0 saturated carbocycles. The number of nitrogens with zero attached hydrogens (tertiary/aromatic N) is 1. The van der Waals surface area contributed by atoms with Gasteiger partial charge in [-0.3, -0.25) is 0 Å². The molecule has 0 aromatic heterocycles. The van der Waals surface area contributed by atoms with E-state index in [-0.39, 0.29) is 6.61 Å². The van der Waals surface area contributed by atoms with E-state index in [4.69, 9.17) is 4.84 Å². The van der Waals surface area contributed by atoms with Gasteiger partial charge >= 0.3 is 6.18 Å². The van der Waals surface area contributed by atoms with Crippen molar-refractivity contribution in [2.75, 3.05) is 0 Å². The van der Waals surface area contributed by atoms with Gasteiger partial charge in [-0.1, -0.05) is 48.5 Å². The third-order valence-electron chi connectivity index (χ3n) is 3.18. The topological polar surface area (TPSA) is 21.6 Å². The first-order valence-electron chi connectivity index (χ1n) is 6.89. The van der Waals surface area contributed by atoms with E-state index in [9.17, 15) is 13.2 Å². The van der Waals surface area contributed by atoms with Gasteiger partial charge in [0.25, 0.3) is 0 Å². The van der Waals surface area contributed by atoms with Gasteiger partial charge in [-0.25, -0.2) is 0 Å². The second-order valence-corrected chi connectivity index (χ2v) is 4.80. The lowest BCUT2D eigenvalue weighted by atomic mass is 10.1. The number of halogens is 3. The summed E-state index contributed by atoms with van der Waals surface area (Å²) >= 11 is 0. The molecule has 0 fully saturated rings. The average Bonchev–Trinajstić information content (AvgIpc) is 2.52. The molecule has 0 radical (unpaired) electrons. The van der Waals surface area contributed by atoms with Crippen LogP contribution in [0.3, 0.4) is 0 Å². The van der Waals surface area contributed by atoms with Gasteiger partial charge in [-0.15, -0.1) is 0 Å². The molecule has 0 bridgehead atoms. The molecule has 2 aromatic rings. The Morgan fingerprint density at radius 1 is 0.955 bits per heavy atom. The van der Waals surface area contributed by atoms with Crippen LogP contribution in [0.1, 0.15) is 29.2 Å². The number of rotatable bonds is 5. The fraction of sp³-hybridized carbons (Fsp3) is 0.235. The summed E-state index contributed by atoms with van der Waals surface area (Å²) in [4.78, 5) is 5.09. The smallest absolute Gasteiger partial charge is 0.391 e. The third kappa shape index (κ3) is 4.62. The monoisotopic (exact) mass is 307 g/mol. The van der Waals surface area contributed by atoms with E-state index >= 15 is 0 Å². The van der Waals surface area contributed by atoms with Gasteiger partial charge in [0.05, 0.1) is 11.8 Å². The minimum atomic E-state index is -4.32. The summed E-state index contributed by atoms with van der Waals surface area (Å²) in [5, 5.41) is 3.82. The molecule has 0 spiro atoms. The molecule has 2 nitrogen and oxygen atoms in total. The number of hydrogen-bond donors (Lipinski definition) is 0. The van der Waals surface area contributed by atoms with Gasteiger partial charge in [0, 0.05) is 0 Å². The molecule has 0 heterocycles. The summed E-state index contributed by atoms with van der Waals surface area (Å²) in [7, 11) is 0. The molecule has 2 rings (SSSR count). The number of hydrogen-bond acceptors (Lipinski definition) is 2. The summed E-state index contributed by atoms with van der Waals surface area (Å²) in [5.74, 6) is 0. The zero-order valence-corrected chi connectivity index (χ0v) is 12.1. The van der Waals surface area contributed by atoms with E-state index in [0.717, 1.165) is 24.1 Å². The predicted molar refractivity (Wildman–Crippen MR) is 79.6 cm³/mol. The Bertz CT molecular complexity index is 616. The van der Waals surface area contributed by atoms with Crippen molar-refractivity contribution < 1.29 is 18.0 Å². The minimum absolute atomic E-state index is 0.127. The molecule has 0 unspecified atom stereocenters. The molecule has 0 N–H and O–H groups in total. The van der Waals surface area contributed by atoms with Gasteiger partial charge in [-0.05, 0) is 35.2 Å². The zero-order valence-electron chi connectivity index (χ0n) is 12.1. The molecule has 5 heteroatoms. The Hall–Kier alpha value is -2.30. The lowest BCUT2D eigenvalue weighted by Gasteiger charge is -2.06. The highest BCUT2D eigenvalue weighted by molar-refractivity contribution is 5.79. The Kier molecular flexibility index (Phi) is 5.20. The van der Waals surface area contributed by atoms with Gasteiger partial charge in [0.2, 0.25) is 0 Å². The first-order valence-corrected chi connectivity index (χ1v) is 6.89. The number of benzene rings is 2. The predicted octanol–water partition coefficient (Wildman–Crippen LogP) is 4.82. The van der Waals surface area contributed by atoms with Crippen LogP contribution in [-0.2, 0) is 24.0 Å². The van der Waals surface area contributed by atoms with Crippen molar-refractivity contribution in [3.05, 3.63) is 70.8 Å². The Balaban J connectivity index is 1.86. The maximum absolute atomic E-state index is 12.4. The Morgan fingerprint density at radius 3 is 2.09 bits per heavy atom. The lowest BCUT2D eigenvalue weighted by molar-refractivity contribution is -0.137. The Labute approximate surface area is 127 Å². The van der Waals surface area contributed by atoms with Crippen LogP contribution in [0.25, 0.3) is 0 Å². The van der Waals surface area contributed by atoms with Crippen molar-refractivity contribution in [3.63, 3.8) is 0 Å². The van der Waals surface area contributed by atoms with Crippen molar-refractivity contribution in [2.45, 2.75) is 26.1 Å². The van der Waals surface area contributed by atoms with Gasteiger partial charge in [-0.2, -0.15) is 13.2 Å². The molecular formula is C17H16F3NO. The normalized spacial score (nSPS) is 11.8. The van der Waals surface area contributed by atoms with Crippen molar-refractivity contribution in [2.24, 2.45) is 5.16 Å². The minimum Gasteiger partial charge on any atom is -0.391 e. The fourth-order valence-corrected chi connectivity index (χ4v) is 1.84. The van der Waals surface area contributed by atoms with Crippen LogP contribution in [-0.4, -0.2) is 6.21 Å².